The molecule has 0 aliphatic heterocycles. The van der Waals surface area contributed by atoms with Crippen molar-refractivity contribution in [2.24, 2.45) is 17.8 Å². The zero-order valence-corrected chi connectivity index (χ0v) is 8.27. The first-order valence-corrected chi connectivity index (χ1v) is 5.27. The van der Waals surface area contributed by atoms with Crippen molar-refractivity contribution in [3.05, 3.63) is 0 Å². The van der Waals surface area contributed by atoms with E-state index in [9.17, 15) is 0 Å². The molecular weight excluding hydrogens is 132 g/mol. The van der Waals surface area contributed by atoms with E-state index in [0.29, 0.717) is 0 Å². The Hall–Kier alpha value is 0. The third kappa shape index (κ3) is 2.84. The van der Waals surface area contributed by atoms with Crippen LogP contribution in [0, 0.1) is 17.8 Å². The van der Waals surface area contributed by atoms with Gasteiger partial charge >= 0.3 is 0 Å². The topological polar surface area (TPSA) is 0 Å². The van der Waals surface area contributed by atoms with E-state index >= 15 is 0 Å². The first kappa shape index (κ1) is 9.09. The Morgan fingerprint density at radius 3 is 2.18 bits per heavy atom. The van der Waals surface area contributed by atoms with Crippen LogP contribution in [-0.4, -0.2) is 0 Å². The molecule has 0 saturated heterocycles. The molecule has 2 unspecified atom stereocenters. The maximum Gasteiger partial charge on any atom is -0.0386 e. The number of hydrogen-bond donors (Lipinski definition) is 0. The van der Waals surface area contributed by atoms with Gasteiger partial charge in [0.05, 0.1) is 0 Å². The predicted octanol–water partition coefficient (Wildman–Crippen LogP) is 3.86. The Kier molecular flexibility index (Phi) is 3.42. The minimum absolute atomic E-state index is 1.02. The Balaban J connectivity index is 2.01. The fraction of sp³-hybridized carbons (Fsp3) is 1.00. The molecule has 0 heterocycles. The minimum Gasteiger partial charge on any atom is -0.0651 e. The molecule has 66 valence electrons. The number of hydrogen-bond acceptors (Lipinski definition) is 0. The second-order valence-corrected chi connectivity index (χ2v) is 4.23. The fourth-order valence-electron chi connectivity index (χ4n) is 1.95. The molecule has 1 aliphatic rings. The fourth-order valence-corrected chi connectivity index (χ4v) is 1.95. The highest BCUT2D eigenvalue weighted by atomic mass is 14.4. The summed E-state index contributed by atoms with van der Waals surface area (Å²) in [7, 11) is 0. The van der Waals surface area contributed by atoms with Gasteiger partial charge in [-0.25, -0.2) is 0 Å². The van der Waals surface area contributed by atoms with Gasteiger partial charge in [0, 0.05) is 0 Å². The molecule has 0 nitrogen and oxygen atoms in total. The van der Waals surface area contributed by atoms with Crippen LogP contribution in [0.1, 0.15) is 52.9 Å². The Bertz CT molecular complexity index is 103. The predicted molar refractivity (Wildman–Crippen MR) is 50.6 cm³/mol. The molecule has 11 heavy (non-hydrogen) atoms. The van der Waals surface area contributed by atoms with Crippen molar-refractivity contribution in [1.29, 1.82) is 0 Å². The molecule has 0 aromatic carbocycles. The molecule has 1 saturated carbocycles. The van der Waals surface area contributed by atoms with Crippen LogP contribution >= 0.6 is 0 Å². The molecule has 2 atom stereocenters. The molecule has 0 aromatic heterocycles. The van der Waals surface area contributed by atoms with Crippen molar-refractivity contribution in [3.8, 4) is 0 Å². The second kappa shape index (κ2) is 4.13. The summed E-state index contributed by atoms with van der Waals surface area (Å²) in [6, 6.07) is 0. The van der Waals surface area contributed by atoms with Crippen molar-refractivity contribution in [2.45, 2.75) is 52.9 Å². The lowest BCUT2D eigenvalue weighted by Crippen LogP contribution is -1.97. The van der Waals surface area contributed by atoms with Gasteiger partial charge < -0.3 is 0 Å². The number of rotatable bonds is 5. The summed E-state index contributed by atoms with van der Waals surface area (Å²) in [5.41, 5.74) is 0. The van der Waals surface area contributed by atoms with Crippen LogP contribution in [0.2, 0.25) is 0 Å². The van der Waals surface area contributed by atoms with E-state index in [2.05, 4.69) is 20.8 Å². The summed E-state index contributed by atoms with van der Waals surface area (Å²) >= 11 is 0. The van der Waals surface area contributed by atoms with Gasteiger partial charge in [-0.15, -0.1) is 0 Å². The van der Waals surface area contributed by atoms with Gasteiger partial charge in [-0.3, -0.25) is 0 Å². The third-order valence-electron chi connectivity index (χ3n) is 3.38. The first-order chi connectivity index (χ1) is 5.27. The summed E-state index contributed by atoms with van der Waals surface area (Å²) in [4.78, 5) is 0. The van der Waals surface area contributed by atoms with Gasteiger partial charge in [0.2, 0.25) is 0 Å². The van der Waals surface area contributed by atoms with E-state index in [1.54, 1.807) is 0 Å². The normalized spacial score (nSPS) is 29.5. The molecule has 0 bridgehead atoms. The lowest BCUT2D eigenvalue weighted by molar-refractivity contribution is 0.422. The zero-order chi connectivity index (χ0) is 8.27. The molecule has 1 rings (SSSR count). The van der Waals surface area contributed by atoms with E-state index < -0.39 is 0 Å². The highest BCUT2D eigenvalue weighted by Gasteiger charge is 2.31. The molecule has 0 aromatic rings. The zero-order valence-electron chi connectivity index (χ0n) is 8.27. The van der Waals surface area contributed by atoms with Crippen LogP contribution in [0.3, 0.4) is 0 Å². The maximum absolute atomic E-state index is 2.39. The van der Waals surface area contributed by atoms with E-state index in [4.69, 9.17) is 0 Å². The quantitative estimate of drug-likeness (QED) is 0.564. The molecular formula is C11H22. The summed E-state index contributed by atoms with van der Waals surface area (Å²) in [5, 5.41) is 0. The van der Waals surface area contributed by atoms with Crippen LogP contribution in [0.5, 0.6) is 0 Å². The first-order valence-electron chi connectivity index (χ1n) is 5.27. The van der Waals surface area contributed by atoms with Gasteiger partial charge in [0.1, 0.15) is 0 Å². The van der Waals surface area contributed by atoms with Crippen LogP contribution < -0.4 is 0 Å². The minimum atomic E-state index is 1.02. The van der Waals surface area contributed by atoms with E-state index in [-0.39, 0.29) is 0 Å². The summed E-state index contributed by atoms with van der Waals surface area (Å²) in [6.45, 7) is 7.03. The molecule has 0 amide bonds. The smallest absolute Gasteiger partial charge is 0.0386 e. The van der Waals surface area contributed by atoms with Crippen molar-refractivity contribution in [2.75, 3.05) is 0 Å². The van der Waals surface area contributed by atoms with Gasteiger partial charge in [-0.1, -0.05) is 40.0 Å². The third-order valence-corrected chi connectivity index (χ3v) is 3.38. The van der Waals surface area contributed by atoms with Crippen molar-refractivity contribution < 1.29 is 0 Å². The van der Waals surface area contributed by atoms with Crippen molar-refractivity contribution in [1.82, 2.24) is 0 Å². The van der Waals surface area contributed by atoms with Crippen LogP contribution in [0.25, 0.3) is 0 Å². The molecule has 1 aliphatic carbocycles. The Morgan fingerprint density at radius 2 is 1.82 bits per heavy atom. The van der Waals surface area contributed by atoms with Crippen LogP contribution in [0.4, 0.5) is 0 Å². The standard InChI is InChI=1S/C11H22/c1-4-10(5-2)6-7-11-8-9(11)3/h9-11H,4-8H2,1-3H3. The highest BCUT2D eigenvalue weighted by molar-refractivity contribution is 4.82. The van der Waals surface area contributed by atoms with E-state index in [1.807, 2.05) is 0 Å². The van der Waals surface area contributed by atoms with Gasteiger partial charge in [-0.05, 0) is 30.6 Å². The van der Waals surface area contributed by atoms with Crippen LogP contribution in [0.15, 0.2) is 0 Å². The summed E-state index contributed by atoms with van der Waals surface area (Å²) in [5.74, 6) is 3.18. The summed E-state index contributed by atoms with van der Waals surface area (Å²) < 4.78 is 0. The van der Waals surface area contributed by atoms with Gasteiger partial charge in [-0.2, -0.15) is 0 Å². The maximum atomic E-state index is 2.39. The second-order valence-electron chi connectivity index (χ2n) is 4.23. The SMILES string of the molecule is CCC(CC)CCC1CC1C. The molecule has 1 fully saturated rings. The molecule has 0 heteroatoms. The Labute approximate surface area is 71.4 Å². The lowest BCUT2D eigenvalue weighted by Gasteiger charge is -2.10. The van der Waals surface area contributed by atoms with Gasteiger partial charge in [0.15, 0.2) is 0 Å². The van der Waals surface area contributed by atoms with E-state index in [0.717, 1.165) is 17.8 Å². The molecule has 0 spiro atoms. The van der Waals surface area contributed by atoms with Crippen molar-refractivity contribution >= 4 is 0 Å². The summed E-state index contributed by atoms with van der Waals surface area (Å²) in [6.07, 6.45) is 7.28. The van der Waals surface area contributed by atoms with Gasteiger partial charge in [0.25, 0.3) is 0 Å². The average Bonchev–Trinajstić information content (AvgIpc) is 2.69. The largest absolute Gasteiger partial charge is 0.0651 e. The lowest BCUT2D eigenvalue weighted by atomic mass is 9.96. The molecule has 0 radical (unpaired) electrons. The van der Waals surface area contributed by atoms with Crippen LogP contribution in [-0.2, 0) is 0 Å². The molecule has 0 N–H and O–H groups in total. The average molecular weight is 154 g/mol. The van der Waals surface area contributed by atoms with E-state index in [1.165, 1.54) is 32.1 Å². The Morgan fingerprint density at radius 1 is 1.27 bits per heavy atom. The highest BCUT2D eigenvalue weighted by Crippen LogP contribution is 2.42. The van der Waals surface area contributed by atoms with Crippen molar-refractivity contribution in [3.63, 3.8) is 0 Å². The monoisotopic (exact) mass is 154 g/mol.